The number of ketones is 1. The average molecular weight is 239 g/mol. The van der Waals surface area contributed by atoms with Crippen molar-refractivity contribution >= 4 is 17.4 Å². The van der Waals surface area contributed by atoms with Crippen molar-refractivity contribution in [3.63, 3.8) is 0 Å². The standard InChI is InChI=1S/C11H7F2NO3/c12-5-1-7(13)9-8(2-5)14(3-6-4-17-6)11(16)10(9)15/h1-2,6H,3-4H2. The van der Waals surface area contributed by atoms with Gasteiger partial charge >= 0.3 is 0 Å². The number of carbonyl (C=O) groups is 2. The summed E-state index contributed by atoms with van der Waals surface area (Å²) < 4.78 is 31.5. The molecule has 2 aliphatic heterocycles. The van der Waals surface area contributed by atoms with Crippen LogP contribution in [-0.4, -0.2) is 30.9 Å². The average Bonchev–Trinajstić information content (AvgIpc) is 3.03. The maximum absolute atomic E-state index is 13.4. The molecule has 1 atom stereocenters. The second kappa shape index (κ2) is 3.33. The number of rotatable bonds is 2. The van der Waals surface area contributed by atoms with Crippen LogP contribution in [0.25, 0.3) is 0 Å². The second-order valence-corrected chi connectivity index (χ2v) is 3.98. The molecule has 1 unspecified atom stereocenters. The van der Waals surface area contributed by atoms with Crippen molar-refractivity contribution in [1.29, 1.82) is 0 Å². The van der Waals surface area contributed by atoms with Gasteiger partial charge in [-0.05, 0) is 6.07 Å². The molecule has 4 nitrogen and oxygen atoms in total. The molecule has 0 radical (unpaired) electrons. The van der Waals surface area contributed by atoms with E-state index in [1.807, 2.05) is 0 Å². The summed E-state index contributed by atoms with van der Waals surface area (Å²) in [6.45, 7) is 0.644. The minimum absolute atomic E-state index is 0.00648. The van der Waals surface area contributed by atoms with E-state index in [1.54, 1.807) is 0 Å². The predicted molar refractivity (Wildman–Crippen MR) is 52.8 cm³/mol. The predicted octanol–water partition coefficient (Wildman–Crippen LogP) is 0.893. The molecule has 0 spiro atoms. The Bertz CT molecular complexity index is 540. The first kappa shape index (κ1) is 10.3. The van der Waals surface area contributed by atoms with E-state index in [1.165, 1.54) is 0 Å². The molecule has 0 bridgehead atoms. The first-order valence-electron chi connectivity index (χ1n) is 5.05. The second-order valence-electron chi connectivity index (χ2n) is 3.98. The van der Waals surface area contributed by atoms with Crippen LogP contribution in [0.15, 0.2) is 12.1 Å². The Labute approximate surface area is 94.8 Å². The van der Waals surface area contributed by atoms with Gasteiger partial charge in [0.1, 0.15) is 11.6 Å². The SMILES string of the molecule is O=C1C(=O)N(CC2CO2)c2cc(F)cc(F)c21. The number of amides is 1. The maximum Gasteiger partial charge on any atom is 0.299 e. The molecule has 0 aromatic heterocycles. The van der Waals surface area contributed by atoms with Crippen molar-refractivity contribution < 1.29 is 23.1 Å². The van der Waals surface area contributed by atoms with Gasteiger partial charge in [-0.25, -0.2) is 8.78 Å². The topological polar surface area (TPSA) is 49.9 Å². The molecule has 1 amide bonds. The van der Waals surface area contributed by atoms with E-state index in [4.69, 9.17) is 4.74 Å². The maximum atomic E-state index is 13.4. The van der Waals surface area contributed by atoms with Gasteiger partial charge in [0, 0.05) is 6.07 Å². The van der Waals surface area contributed by atoms with Gasteiger partial charge in [0.15, 0.2) is 0 Å². The van der Waals surface area contributed by atoms with E-state index in [2.05, 4.69) is 0 Å². The number of hydrogen-bond acceptors (Lipinski definition) is 3. The number of Topliss-reactive ketones (excluding diaryl/α,β-unsaturated/α-hetero) is 1. The number of carbonyl (C=O) groups excluding carboxylic acids is 2. The Hall–Kier alpha value is -1.82. The Kier molecular flexibility index (Phi) is 2.03. The van der Waals surface area contributed by atoms with Crippen molar-refractivity contribution in [2.24, 2.45) is 0 Å². The third-order valence-corrected chi connectivity index (χ3v) is 2.78. The van der Waals surface area contributed by atoms with E-state index < -0.39 is 23.3 Å². The number of nitrogens with zero attached hydrogens (tertiary/aromatic N) is 1. The summed E-state index contributed by atoms with van der Waals surface area (Å²) in [7, 11) is 0. The zero-order valence-corrected chi connectivity index (χ0v) is 8.57. The van der Waals surface area contributed by atoms with Crippen LogP contribution in [0.3, 0.4) is 0 Å². The minimum atomic E-state index is -1.00. The molecule has 6 heteroatoms. The highest BCUT2D eigenvalue weighted by Gasteiger charge is 2.41. The van der Waals surface area contributed by atoms with Gasteiger partial charge in [0.05, 0.1) is 30.5 Å². The molecule has 0 saturated carbocycles. The third kappa shape index (κ3) is 1.52. The Morgan fingerprint density at radius 2 is 2.06 bits per heavy atom. The summed E-state index contributed by atoms with van der Waals surface area (Å²) in [5, 5.41) is 0. The van der Waals surface area contributed by atoms with Crippen LogP contribution in [-0.2, 0) is 9.53 Å². The number of ether oxygens (including phenoxy) is 1. The summed E-state index contributed by atoms with van der Waals surface area (Å²) >= 11 is 0. The van der Waals surface area contributed by atoms with Crippen molar-refractivity contribution in [3.8, 4) is 0 Å². The smallest absolute Gasteiger partial charge is 0.299 e. The molecule has 88 valence electrons. The van der Waals surface area contributed by atoms with Crippen molar-refractivity contribution in [3.05, 3.63) is 29.3 Å². The molecular formula is C11H7F2NO3. The highest BCUT2D eigenvalue weighted by atomic mass is 19.1. The van der Waals surface area contributed by atoms with E-state index in [0.717, 1.165) is 11.0 Å². The molecule has 0 aliphatic carbocycles. The zero-order valence-electron chi connectivity index (χ0n) is 8.57. The summed E-state index contributed by atoms with van der Waals surface area (Å²) in [6.07, 6.45) is -0.149. The van der Waals surface area contributed by atoms with Crippen molar-refractivity contribution in [1.82, 2.24) is 0 Å². The Morgan fingerprint density at radius 1 is 1.35 bits per heavy atom. The van der Waals surface area contributed by atoms with Crippen molar-refractivity contribution in [2.75, 3.05) is 18.1 Å². The summed E-state index contributed by atoms with van der Waals surface area (Å²) in [5.74, 6) is -3.58. The lowest BCUT2D eigenvalue weighted by atomic mass is 10.1. The fourth-order valence-electron chi connectivity index (χ4n) is 1.89. The van der Waals surface area contributed by atoms with E-state index in [-0.39, 0.29) is 23.9 Å². The van der Waals surface area contributed by atoms with Crippen LogP contribution >= 0.6 is 0 Å². The highest BCUT2D eigenvalue weighted by molar-refractivity contribution is 6.52. The number of epoxide rings is 1. The van der Waals surface area contributed by atoms with Crippen LogP contribution in [0.5, 0.6) is 0 Å². The Morgan fingerprint density at radius 3 is 2.71 bits per heavy atom. The van der Waals surface area contributed by atoms with Gasteiger partial charge in [-0.1, -0.05) is 0 Å². The van der Waals surface area contributed by atoms with E-state index >= 15 is 0 Å². The fourth-order valence-corrected chi connectivity index (χ4v) is 1.89. The van der Waals surface area contributed by atoms with Gasteiger partial charge in [0.2, 0.25) is 0 Å². The van der Waals surface area contributed by atoms with E-state index in [0.29, 0.717) is 12.7 Å². The first-order valence-corrected chi connectivity index (χ1v) is 5.05. The normalized spacial score (nSPS) is 22.0. The van der Waals surface area contributed by atoms with Gasteiger partial charge in [0.25, 0.3) is 11.7 Å². The number of fused-ring (bicyclic) bond motifs is 1. The molecule has 3 rings (SSSR count). The van der Waals surface area contributed by atoms with Gasteiger partial charge in [-0.2, -0.15) is 0 Å². The van der Waals surface area contributed by atoms with Gasteiger partial charge < -0.3 is 9.64 Å². The lowest BCUT2D eigenvalue weighted by Crippen LogP contribution is -2.33. The highest BCUT2D eigenvalue weighted by Crippen LogP contribution is 2.33. The van der Waals surface area contributed by atoms with Crippen LogP contribution in [0, 0.1) is 11.6 Å². The molecule has 1 saturated heterocycles. The molecule has 17 heavy (non-hydrogen) atoms. The summed E-state index contributed by atoms with van der Waals surface area (Å²) in [5.41, 5.74) is -0.356. The molecule has 1 aromatic carbocycles. The van der Waals surface area contributed by atoms with Crippen LogP contribution in [0.1, 0.15) is 10.4 Å². The monoisotopic (exact) mass is 239 g/mol. The lowest BCUT2D eigenvalue weighted by molar-refractivity contribution is -0.114. The van der Waals surface area contributed by atoms with Gasteiger partial charge in [-0.15, -0.1) is 0 Å². The Balaban J connectivity index is 2.09. The molecule has 1 fully saturated rings. The summed E-state index contributed by atoms with van der Waals surface area (Å²) in [6, 6.07) is 1.59. The third-order valence-electron chi connectivity index (χ3n) is 2.78. The number of hydrogen-bond donors (Lipinski definition) is 0. The number of halogens is 2. The quantitative estimate of drug-likeness (QED) is 0.569. The van der Waals surface area contributed by atoms with Crippen LogP contribution in [0.2, 0.25) is 0 Å². The van der Waals surface area contributed by atoms with Crippen LogP contribution < -0.4 is 4.90 Å². The number of anilines is 1. The number of benzene rings is 1. The first-order chi connectivity index (χ1) is 8.08. The largest absolute Gasteiger partial charge is 0.371 e. The van der Waals surface area contributed by atoms with E-state index in [9.17, 15) is 18.4 Å². The van der Waals surface area contributed by atoms with Gasteiger partial charge in [-0.3, -0.25) is 9.59 Å². The van der Waals surface area contributed by atoms with Crippen LogP contribution in [0.4, 0.5) is 14.5 Å². The minimum Gasteiger partial charge on any atom is -0.371 e. The van der Waals surface area contributed by atoms with Crippen molar-refractivity contribution in [2.45, 2.75) is 6.10 Å². The fraction of sp³-hybridized carbons (Fsp3) is 0.273. The zero-order chi connectivity index (χ0) is 12.2. The molecule has 0 N–H and O–H groups in total. The molecule has 2 aliphatic rings. The molecule has 2 heterocycles. The summed E-state index contributed by atoms with van der Waals surface area (Å²) in [4.78, 5) is 24.2. The lowest BCUT2D eigenvalue weighted by Gasteiger charge is -2.14. The molecule has 1 aromatic rings. The molecular weight excluding hydrogens is 232 g/mol.